The molecule has 0 radical (unpaired) electrons. The zero-order valence-electron chi connectivity index (χ0n) is 16.5. The molecule has 1 aliphatic carbocycles. The number of allylic oxidation sites excluding steroid dienone is 6. The molecule has 0 bridgehead atoms. The maximum atomic E-state index is 4.66. The molecule has 0 fully saturated rings. The molecule has 0 amide bonds. The third kappa shape index (κ3) is 3.27. The van der Waals surface area contributed by atoms with Crippen molar-refractivity contribution in [2.45, 2.75) is 32.2 Å². The molecule has 2 nitrogen and oxygen atoms in total. The predicted molar refractivity (Wildman–Crippen MR) is 116 cm³/mol. The van der Waals surface area contributed by atoms with E-state index in [0.29, 0.717) is 0 Å². The minimum atomic E-state index is -0.353. The Morgan fingerprint density at radius 2 is 1.54 bits per heavy atom. The Bertz CT molecular complexity index is 981. The fourth-order valence-corrected chi connectivity index (χ4v) is 4.10. The van der Waals surface area contributed by atoms with Crippen LogP contribution in [0.2, 0.25) is 0 Å². The standard InChI is InChI=1S/C26H26N2/c1-21-22(2)28(20-27-21)26(24-15-9-5-10-16-24,25-17-11-6-12-18-25)19-23-13-7-3-4-8-14-23/h3-7,9-18,20H,8,19H2,1-2H3. The summed E-state index contributed by atoms with van der Waals surface area (Å²) in [6, 6.07) is 21.6. The predicted octanol–water partition coefficient (Wildman–Crippen LogP) is 6.12. The molecule has 4 rings (SSSR count). The summed E-state index contributed by atoms with van der Waals surface area (Å²) < 4.78 is 2.36. The van der Waals surface area contributed by atoms with Gasteiger partial charge in [0.25, 0.3) is 0 Å². The van der Waals surface area contributed by atoms with Gasteiger partial charge in [0.2, 0.25) is 0 Å². The molecule has 0 saturated heterocycles. The number of imidazole rings is 1. The first kappa shape index (κ1) is 18.2. The first-order valence-electron chi connectivity index (χ1n) is 9.86. The minimum Gasteiger partial charge on any atom is -0.320 e. The Hall–Kier alpha value is -3.13. The van der Waals surface area contributed by atoms with E-state index >= 15 is 0 Å². The number of rotatable bonds is 5. The lowest BCUT2D eigenvalue weighted by Crippen LogP contribution is -2.37. The summed E-state index contributed by atoms with van der Waals surface area (Å²) in [6.07, 6.45) is 14.9. The topological polar surface area (TPSA) is 17.8 Å². The van der Waals surface area contributed by atoms with Crippen LogP contribution in [0.1, 0.15) is 35.4 Å². The van der Waals surface area contributed by atoms with Crippen molar-refractivity contribution in [3.63, 3.8) is 0 Å². The second-order valence-corrected chi connectivity index (χ2v) is 7.36. The molecule has 28 heavy (non-hydrogen) atoms. The Kier molecular flexibility index (Phi) is 5.12. The first-order valence-corrected chi connectivity index (χ1v) is 9.86. The van der Waals surface area contributed by atoms with E-state index in [9.17, 15) is 0 Å². The van der Waals surface area contributed by atoms with Crippen LogP contribution >= 0.6 is 0 Å². The van der Waals surface area contributed by atoms with Crippen LogP contribution in [0.4, 0.5) is 0 Å². The number of hydrogen-bond donors (Lipinski definition) is 0. The van der Waals surface area contributed by atoms with Gasteiger partial charge in [-0.3, -0.25) is 0 Å². The number of nitrogens with zero attached hydrogens (tertiary/aromatic N) is 2. The van der Waals surface area contributed by atoms with Gasteiger partial charge in [0.1, 0.15) is 5.54 Å². The molecule has 0 unspecified atom stereocenters. The second-order valence-electron chi connectivity index (χ2n) is 7.36. The summed E-state index contributed by atoms with van der Waals surface area (Å²) in [5.74, 6) is 0. The zero-order valence-corrected chi connectivity index (χ0v) is 16.5. The van der Waals surface area contributed by atoms with Crippen LogP contribution in [0.25, 0.3) is 0 Å². The highest BCUT2D eigenvalue weighted by Gasteiger charge is 2.38. The van der Waals surface area contributed by atoms with E-state index in [1.807, 2.05) is 6.33 Å². The van der Waals surface area contributed by atoms with Gasteiger partial charge < -0.3 is 4.57 Å². The molecule has 2 heteroatoms. The molecule has 3 aromatic rings. The number of aryl methyl sites for hydroxylation is 1. The quantitative estimate of drug-likeness (QED) is 0.531. The third-order valence-corrected chi connectivity index (χ3v) is 5.70. The summed E-state index contributed by atoms with van der Waals surface area (Å²) >= 11 is 0. The number of hydrogen-bond acceptors (Lipinski definition) is 1. The van der Waals surface area contributed by atoms with Gasteiger partial charge >= 0.3 is 0 Å². The van der Waals surface area contributed by atoms with E-state index in [4.69, 9.17) is 0 Å². The monoisotopic (exact) mass is 366 g/mol. The van der Waals surface area contributed by atoms with Crippen molar-refractivity contribution < 1.29 is 0 Å². The smallest absolute Gasteiger partial charge is 0.100 e. The lowest BCUT2D eigenvalue weighted by atomic mass is 9.77. The van der Waals surface area contributed by atoms with Crippen LogP contribution in [0.5, 0.6) is 0 Å². The fourth-order valence-electron chi connectivity index (χ4n) is 4.10. The summed E-state index contributed by atoms with van der Waals surface area (Å²) in [4.78, 5) is 4.66. The normalized spacial score (nSPS) is 14.0. The van der Waals surface area contributed by atoms with E-state index in [1.54, 1.807) is 0 Å². The van der Waals surface area contributed by atoms with Gasteiger partial charge in [0.15, 0.2) is 0 Å². The van der Waals surface area contributed by atoms with Gasteiger partial charge in [-0.05, 0) is 37.0 Å². The molecule has 1 aromatic heterocycles. The van der Waals surface area contributed by atoms with Crippen LogP contribution in [0, 0.1) is 13.8 Å². The van der Waals surface area contributed by atoms with Crippen LogP contribution in [-0.4, -0.2) is 9.55 Å². The van der Waals surface area contributed by atoms with Crippen molar-refractivity contribution in [2.24, 2.45) is 0 Å². The van der Waals surface area contributed by atoms with Gasteiger partial charge in [-0.2, -0.15) is 0 Å². The van der Waals surface area contributed by atoms with Crippen molar-refractivity contribution >= 4 is 0 Å². The number of aromatic nitrogens is 2. The van der Waals surface area contributed by atoms with Crippen LogP contribution in [0.15, 0.2) is 103 Å². The van der Waals surface area contributed by atoms with Gasteiger partial charge in [-0.1, -0.05) is 91.0 Å². The molecular formula is C26H26N2. The molecule has 0 aliphatic heterocycles. The highest BCUT2D eigenvalue weighted by atomic mass is 15.1. The Labute approximate surface area is 167 Å². The highest BCUT2D eigenvalue weighted by Crippen LogP contribution is 2.41. The van der Waals surface area contributed by atoms with Gasteiger partial charge in [0.05, 0.1) is 12.0 Å². The third-order valence-electron chi connectivity index (χ3n) is 5.70. The maximum absolute atomic E-state index is 4.66. The van der Waals surface area contributed by atoms with Crippen molar-refractivity contribution in [2.75, 3.05) is 0 Å². The maximum Gasteiger partial charge on any atom is 0.100 e. The van der Waals surface area contributed by atoms with Crippen LogP contribution in [-0.2, 0) is 5.54 Å². The van der Waals surface area contributed by atoms with Crippen molar-refractivity contribution in [1.82, 2.24) is 9.55 Å². The molecule has 0 spiro atoms. The Morgan fingerprint density at radius 1 is 0.893 bits per heavy atom. The molecule has 140 valence electrons. The van der Waals surface area contributed by atoms with E-state index in [2.05, 4.69) is 114 Å². The minimum absolute atomic E-state index is 0.353. The van der Waals surface area contributed by atoms with Crippen LogP contribution < -0.4 is 0 Å². The Morgan fingerprint density at radius 3 is 2.11 bits per heavy atom. The average Bonchev–Trinajstić information content (AvgIpc) is 2.94. The highest BCUT2D eigenvalue weighted by molar-refractivity contribution is 5.44. The zero-order chi connectivity index (χ0) is 19.4. The van der Waals surface area contributed by atoms with Crippen molar-refractivity contribution in [3.8, 4) is 0 Å². The SMILES string of the molecule is Cc1ncn(C(CC2=CCC=CC=C2)(c2ccccc2)c2ccccc2)c1C. The number of benzene rings is 2. The van der Waals surface area contributed by atoms with E-state index in [1.165, 1.54) is 22.4 Å². The Balaban J connectivity index is 2.00. The van der Waals surface area contributed by atoms with Crippen molar-refractivity contribution in [1.29, 1.82) is 0 Å². The lowest BCUT2D eigenvalue weighted by Gasteiger charge is -2.38. The second kappa shape index (κ2) is 7.85. The molecule has 2 aromatic carbocycles. The summed E-state index contributed by atoms with van der Waals surface area (Å²) in [5, 5.41) is 0. The molecule has 1 aliphatic rings. The molecule has 0 atom stereocenters. The first-order chi connectivity index (χ1) is 13.7. The summed E-state index contributed by atoms with van der Waals surface area (Å²) in [5.41, 5.74) is 5.80. The lowest BCUT2D eigenvalue weighted by molar-refractivity contribution is 0.419. The van der Waals surface area contributed by atoms with Gasteiger partial charge in [0, 0.05) is 12.1 Å². The summed E-state index contributed by atoms with van der Waals surface area (Å²) in [7, 11) is 0. The van der Waals surface area contributed by atoms with E-state index in [0.717, 1.165) is 18.5 Å². The molecule has 0 saturated carbocycles. The summed E-state index contributed by atoms with van der Waals surface area (Å²) in [6.45, 7) is 4.25. The van der Waals surface area contributed by atoms with E-state index in [-0.39, 0.29) is 5.54 Å². The van der Waals surface area contributed by atoms with Gasteiger partial charge in [-0.15, -0.1) is 0 Å². The van der Waals surface area contributed by atoms with Gasteiger partial charge in [-0.25, -0.2) is 4.98 Å². The van der Waals surface area contributed by atoms with Crippen molar-refractivity contribution in [3.05, 3.63) is 125 Å². The fraction of sp³-hybridized carbons (Fsp3) is 0.192. The largest absolute Gasteiger partial charge is 0.320 e. The average molecular weight is 367 g/mol. The molecule has 1 heterocycles. The molecule has 0 N–H and O–H groups in total. The van der Waals surface area contributed by atoms with E-state index < -0.39 is 0 Å². The van der Waals surface area contributed by atoms with Crippen LogP contribution in [0.3, 0.4) is 0 Å². The molecular weight excluding hydrogens is 340 g/mol.